The second kappa shape index (κ2) is 22.1. The van der Waals surface area contributed by atoms with Crippen LogP contribution in [0.2, 0.25) is 0 Å². The SMILES string of the molecule is CC(N)C(=O)NC(CC(=O)O)C(=O)NC(Cc1ccccc1)C(=O)NCC(=O)NC(Cc1c[nH]c2ccccc12)C(=O)NCC(=O)NC(CCCCN)C(=O)O. The summed E-state index contributed by atoms with van der Waals surface area (Å²) in [6, 6.07) is 9.32. The summed E-state index contributed by atoms with van der Waals surface area (Å²) in [6.07, 6.45) is 1.91. The Morgan fingerprint density at radius 3 is 1.84 bits per heavy atom. The van der Waals surface area contributed by atoms with Gasteiger partial charge in [0.15, 0.2) is 0 Å². The molecule has 6 amide bonds. The van der Waals surface area contributed by atoms with Gasteiger partial charge in [0.1, 0.15) is 24.2 Å². The van der Waals surface area contributed by atoms with Crippen LogP contribution in [-0.2, 0) is 51.2 Å². The van der Waals surface area contributed by atoms with Gasteiger partial charge >= 0.3 is 11.9 Å². The predicted molar refractivity (Wildman–Crippen MR) is 202 cm³/mol. The number of fused-ring (bicyclic) bond motifs is 1. The fourth-order valence-corrected chi connectivity index (χ4v) is 5.57. The minimum absolute atomic E-state index is 0.0429. The fourth-order valence-electron chi connectivity index (χ4n) is 5.57. The molecule has 0 fully saturated rings. The van der Waals surface area contributed by atoms with Gasteiger partial charge in [-0.1, -0.05) is 48.5 Å². The van der Waals surface area contributed by atoms with E-state index in [0.717, 1.165) is 10.9 Å². The molecule has 302 valence electrons. The highest BCUT2D eigenvalue weighted by molar-refractivity contribution is 5.97. The maximum absolute atomic E-state index is 13.5. The van der Waals surface area contributed by atoms with Gasteiger partial charge in [0.25, 0.3) is 0 Å². The van der Waals surface area contributed by atoms with E-state index in [4.69, 9.17) is 11.5 Å². The number of aromatic nitrogens is 1. The van der Waals surface area contributed by atoms with E-state index in [1.165, 1.54) is 6.92 Å². The smallest absolute Gasteiger partial charge is 0.326 e. The van der Waals surface area contributed by atoms with E-state index in [-0.39, 0.29) is 19.3 Å². The van der Waals surface area contributed by atoms with E-state index in [0.29, 0.717) is 30.5 Å². The fraction of sp³-hybridized carbons (Fsp3) is 0.405. The van der Waals surface area contributed by atoms with Gasteiger partial charge in [0.2, 0.25) is 35.4 Å². The number of hydrogen-bond acceptors (Lipinski definition) is 10. The molecule has 0 spiro atoms. The molecule has 19 nitrogen and oxygen atoms in total. The van der Waals surface area contributed by atoms with E-state index in [2.05, 4.69) is 36.9 Å². The van der Waals surface area contributed by atoms with Crippen LogP contribution in [0.5, 0.6) is 0 Å². The topological polar surface area (TPSA) is 317 Å². The minimum Gasteiger partial charge on any atom is -0.481 e. The Labute approximate surface area is 322 Å². The van der Waals surface area contributed by atoms with E-state index < -0.39 is 97.1 Å². The maximum atomic E-state index is 13.5. The summed E-state index contributed by atoms with van der Waals surface area (Å²) in [7, 11) is 0. The van der Waals surface area contributed by atoms with Gasteiger partial charge in [0, 0.05) is 29.9 Å². The lowest BCUT2D eigenvalue weighted by Crippen LogP contribution is -2.57. The number of carbonyl (C=O) groups is 8. The minimum atomic E-state index is -1.57. The van der Waals surface area contributed by atoms with Gasteiger partial charge in [-0.15, -0.1) is 0 Å². The van der Waals surface area contributed by atoms with Gasteiger partial charge in [-0.3, -0.25) is 33.6 Å². The van der Waals surface area contributed by atoms with Gasteiger partial charge in [-0.05, 0) is 49.9 Å². The summed E-state index contributed by atoms with van der Waals surface area (Å²) in [5.74, 6) is -7.60. The van der Waals surface area contributed by atoms with Gasteiger partial charge in [-0.2, -0.15) is 0 Å². The number of amides is 6. The van der Waals surface area contributed by atoms with Crippen molar-refractivity contribution >= 4 is 58.3 Å². The number of rotatable bonds is 23. The van der Waals surface area contributed by atoms with Crippen LogP contribution in [0.3, 0.4) is 0 Å². The normalized spacial score (nSPS) is 13.6. The lowest BCUT2D eigenvalue weighted by molar-refractivity contribution is -0.142. The van der Waals surface area contributed by atoms with Crippen LogP contribution in [0.15, 0.2) is 60.8 Å². The highest BCUT2D eigenvalue weighted by Crippen LogP contribution is 2.19. The Balaban J connectivity index is 1.74. The number of hydrogen-bond donors (Lipinski definition) is 11. The molecule has 0 aliphatic heterocycles. The quantitative estimate of drug-likeness (QED) is 0.0473. The molecule has 5 unspecified atom stereocenters. The molecule has 5 atom stereocenters. The molecule has 0 aliphatic carbocycles. The lowest BCUT2D eigenvalue weighted by atomic mass is 10.0. The number of aromatic amines is 1. The van der Waals surface area contributed by atoms with Crippen molar-refractivity contribution in [1.82, 2.24) is 36.9 Å². The Bertz CT molecular complexity index is 1850. The van der Waals surface area contributed by atoms with Crippen molar-refractivity contribution in [3.63, 3.8) is 0 Å². The van der Waals surface area contributed by atoms with E-state index >= 15 is 0 Å². The van der Waals surface area contributed by atoms with Crippen molar-refractivity contribution in [2.75, 3.05) is 19.6 Å². The van der Waals surface area contributed by atoms with Gasteiger partial charge < -0.3 is 58.6 Å². The molecule has 0 saturated carbocycles. The average Bonchev–Trinajstić information content (AvgIpc) is 3.57. The van der Waals surface area contributed by atoms with Crippen molar-refractivity contribution < 1.29 is 48.6 Å². The second-order valence-electron chi connectivity index (χ2n) is 13.1. The molecule has 13 N–H and O–H groups in total. The zero-order valence-electron chi connectivity index (χ0n) is 30.8. The van der Waals surface area contributed by atoms with Crippen molar-refractivity contribution in [3.05, 3.63) is 71.9 Å². The molecule has 0 radical (unpaired) electrons. The monoisotopic (exact) mass is 779 g/mol. The lowest BCUT2D eigenvalue weighted by Gasteiger charge is -2.23. The molecule has 3 rings (SSSR count). The first kappa shape index (κ1) is 44.1. The van der Waals surface area contributed by atoms with Crippen LogP contribution in [0.1, 0.15) is 43.7 Å². The van der Waals surface area contributed by atoms with Crippen LogP contribution in [0, 0.1) is 0 Å². The predicted octanol–water partition coefficient (Wildman–Crippen LogP) is -1.84. The third-order valence-electron chi connectivity index (χ3n) is 8.52. The van der Waals surface area contributed by atoms with E-state index in [1.54, 1.807) is 42.6 Å². The largest absolute Gasteiger partial charge is 0.481 e. The number of H-pyrrole nitrogens is 1. The molecule has 0 bridgehead atoms. The molecule has 3 aromatic rings. The number of carboxylic acid groups (broad SMARTS) is 2. The zero-order valence-corrected chi connectivity index (χ0v) is 30.8. The van der Waals surface area contributed by atoms with Crippen LogP contribution < -0.4 is 43.4 Å². The summed E-state index contributed by atoms with van der Waals surface area (Å²) in [6.45, 7) is 0.447. The van der Waals surface area contributed by atoms with Gasteiger partial charge in [-0.25, -0.2) is 4.79 Å². The summed E-state index contributed by atoms with van der Waals surface area (Å²) in [5.41, 5.74) is 13.1. The van der Waals surface area contributed by atoms with Crippen LogP contribution in [0.25, 0.3) is 10.9 Å². The molecular formula is C37H49N9O10. The second-order valence-corrected chi connectivity index (χ2v) is 13.1. The Kier molecular flexibility index (Phi) is 17.4. The first-order valence-electron chi connectivity index (χ1n) is 17.9. The third kappa shape index (κ3) is 14.5. The van der Waals surface area contributed by atoms with E-state index in [9.17, 15) is 48.6 Å². The molecule has 0 aliphatic rings. The highest BCUT2D eigenvalue weighted by atomic mass is 16.4. The molecular weight excluding hydrogens is 730 g/mol. The molecule has 1 heterocycles. The summed E-state index contributed by atoms with van der Waals surface area (Å²) in [5, 5.41) is 34.1. The van der Waals surface area contributed by atoms with Gasteiger partial charge in [0.05, 0.1) is 25.6 Å². The Morgan fingerprint density at radius 2 is 1.25 bits per heavy atom. The molecule has 2 aromatic carbocycles. The number of benzene rings is 2. The first-order chi connectivity index (χ1) is 26.7. The standard InChI is InChI=1S/C37H49N9O10/c1-21(39)33(51)45-29(17-32(49)50)36(54)46-27(15-22-9-3-2-4-10-22)34(52)41-20-31(48)44-28(16-23-18-40-25-12-6-5-11-24(23)25)35(53)42-19-30(47)43-26(37(55)56)13-7-8-14-38/h2-6,9-12,18,21,26-29,40H,7-8,13-17,19-20,38-39H2,1H3,(H,41,52)(H,42,53)(H,43,47)(H,44,48)(H,45,51)(H,46,54)(H,49,50)(H,55,56). The van der Waals surface area contributed by atoms with Crippen molar-refractivity contribution in [2.24, 2.45) is 11.5 Å². The summed E-state index contributed by atoms with van der Waals surface area (Å²) >= 11 is 0. The number of aliphatic carboxylic acids is 2. The summed E-state index contributed by atoms with van der Waals surface area (Å²) in [4.78, 5) is 104. The summed E-state index contributed by atoms with van der Waals surface area (Å²) < 4.78 is 0. The van der Waals surface area contributed by atoms with Crippen molar-refractivity contribution in [2.45, 2.75) is 75.7 Å². The third-order valence-corrected chi connectivity index (χ3v) is 8.52. The zero-order chi connectivity index (χ0) is 41.2. The number of carboxylic acids is 2. The number of carbonyl (C=O) groups excluding carboxylic acids is 6. The number of nitrogens with two attached hydrogens (primary N) is 2. The molecule has 56 heavy (non-hydrogen) atoms. The number of para-hydroxylation sites is 1. The molecule has 1 aromatic heterocycles. The first-order valence-corrected chi connectivity index (χ1v) is 17.9. The molecule has 19 heteroatoms. The van der Waals surface area contributed by atoms with Crippen molar-refractivity contribution in [3.8, 4) is 0 Å². The van der Waals surface area contributed by atoms with Crippen LogP contribution in [0.4, 0.5) is 0 Å². The highest BCUT2D eigenvalue weighted by Gasteiger charge is 2.30. The average molecular weight is 780 g/mol. The van der Waals surface area contributed by atoms with E-state index in [1.807, 2.05) is 18.2 Å². The Hall–Kier alpha value is -6.34. The molecule has 0 saturated heterocycles. The van der Waals surface area contributed by atoms with Crippen LogP contribution in [-0.4, -0.2) is 112 Å². The number of nitrogens with one attached hydrogen (secondary N) is 7. The number of unbranched alkanes of at least 4 members (excludes halogenated alkanes) is 1. The van der Waals surface area contributed by atoms with Crippen molar-refractivity contribution in [1.29, 1.82) is 0 Å². The maximum Gasteiger partial charge on any atom is 0.326 e. The Morgan fingerprint density at radius 1 is 0.679 bits per heavy atom. The van der Waals surface area contributed by atoms with Crippen LogP contribution >= 0.6 is 0 Å².